The number of rotatable bonds is 4. The second kappa shape index (κ2) is 5.41. The third-order valence-electron chi connectivity index (χ3n) is 1.36. The molecule has 0 saturated heterocycles. The molecule has 0 bridgehead atoms. The van der Waals surface area contributed by atoms with Crippen molar-refractivity contribution >= 4 is 17.4 Å². The molecular weight excluding hydrogens is 189 g/mol. The van der Waals surface area contributed by atoms with Crippen LogP contribution in [0.2, 0.25) is 0 Å². The summed E-state index contributed by atoms with van der Waals surface area (Å²) in [5.41, 5.74) is 0. The number of para-hydroxylation sites is 1. The van der Waals surface area contributed by atoms with Crippen LogP contribution in [0, 0.1) is 5.82 Å². The molecule has 0 aliphatic heterocycles. The lowest BCUT2D eigenvalue weighted by atomic mass is 10.3. The van der Waals surface area contributed by atoms with Gasteiger partial charge in [0.25, 0.3) is 0 Å². The van der Waals surface area contributed by atoms with Gasteiger partial charge in [-0.2, -0.15) is 0 Å². The third-order valence-corrected chi connectivity index (χ3v) is 1.49. The highest BCUT2D eigenvalue weighted by Gasteiger charge is 1.99. The Hall–Kier alpha value is -1.25. The van der Waals surface area contributed by atoms with Crippen LogP contribution in [0.3, 0.4) is 0 Å². The molecule has 0 aliphatic rings. The minimum Gasteiger partial charge on any atom is -0.489 e. The van der Waals surface area contributed by atoms with Gasteiger partial charge < -0.3 is 4.74 Å². The predicted molar refractivity (Wildman–Crippen MR) is 51.8 cm³/mol. The highest BCUT2D eigenvalue weighted by molar-refractivity contribution is 7.78. The van der Waals surface area contributed by atoms with Crippen LogP contribution in [-0.2, 0) is 0 Å². The maximum Gasteiger partial charge on any atom is 0.165 e. The molecule has 0 N–H and O–H groups in total. The van der Waals surface area contributed by atoms with Crippen molar-refractivity contribution in [1.82, 2.24) is 0 Å². The minimum absolute atomic E-state index is 0.238. The summed E-state index contributed by atoms with van der Waals surface area (Å²) < 4.78 is 18.0. The van der Waals surface area contributed by atoms with E-state index in [1.165, 1.54) is 6.07 Å². The fourth-order valence-electron chi connectivity index (χ4n) is 0.809. The van der Waals surface area contributed by atoms with Gasteiger partial charge in [-0.1, -0.05) is 12.1 Å². The van der Waals surface area contributed by atoms with Gasteiger partial charge in [-0.25, -0.2) is 9.38 Å². The number of thiocarbonyl (C=S) groups is 1. The van der Waals surface area contributed by atoms with E-state index in [1.54, 1.807) is 18.2 Å². The summed E-state index contributed by atoms with van der Waals surface area (Å²) in [6, 6.07) is 6.23. The molecule has 0 aliphatic carbocycles. The molecule has 68 valence electrons. The molecule has 0 atom stereocenters. The second-order valence-corrected chi connectivity index (χ2v) is 2.43. The summed E-state index contributed by atoms with van der Waals surface area (Å²) in [5, 5.41) is 2.20. The number of nitrogens with zero attached hydrogens (tertiary/aromatic N) is 1. The van der Waals surface area contributed by atoms with E-state index in [-0.39, 0.29) is 11.6 Å². The summed E-state index contributed by atoms with van der Waals surface area (Å²) in [7, 11) is 0. The first-order valence-electron chi connectivity index (χ1n) is 3.75. The smallest absolute Gasteiger partial charge is 0.165 e. The van der Waals surface area contributed by atoms with E-state index in [9.17, 15) is 4.39 Å². The maximum absolute atomic E-state index is 12.9. The summed E-state index contributed by atoms with van der Waals surface area (Å²) in [5.74, 6) is -0.129. The molecule has 1 rings (SSSR count). The number of aliphatic imine (C=N–C) groups is 1. The minimum atomic E-state index is -0.367. The Morgan fingerprint density at radius 3 is 2.92 bits per heavy atom. The van der Waals surface area contributed by atoms with Crippen molar-refractivity contribution in [3.05, 3.63) is 30.1 Å². The molecule has 0 saturated carbocycles. The highest BCUT2D eigenvalue weighted by Crippen LogP contribution is 2.14. The van der Waals surface area contributed by atoms with E-state index >= 15 is 0 Å². The van der Waals surface area contributed by atoms with Crippen molar-refractivity contribution in [3.8, 4) is 5.75 Å². The molecule has 0 radical (unpaired) electrons. The summed E-state index contributed by atoms with van der Waals surface area (Å²) in [6.45, 7) is 0.711. The Balaban J connectivity index is 2.45. The average Bonchev–Trinajstić information content (AvgIpc) is 2.15. The lowest BCUT2D eigenvalue weighted by Crippen LogP contribution is -2.01. The first kappa shape index (κ1) is 9.84. The maximum atomic E-state index is 12.9. The van der Waals surface area contributed by atoms with Crippen LogP contribution in [0.4, 0.5) is 4.39 Å². The number of halogens is 1. The molecule has 13 heavy (non-hydrogen) atoms. The van der Waals surface area contributed by atoms with Crippen LogP contribution in [-0.4, -0.2) is 18.3 Å². The van der Waals surface area contributed by atoms with E-state index in [1.807, 2.05) is 0 Å². The van der Waals surface area contributed by atoms with Gasteiger partial charge in [0.1, 0.15) is 6.61 Å². The number of ether oxygens (including phenoxy) is 1. The van der Waals surface area contributed by atoms with E-state index in [0.29, 0.717) is 13.2 Å². The summed E-state index contributed by atoms with van der Waals surface area (Å²) >= 11 is 4.36. The van der Waals surface area contributed by atoms with Crippen molar-refractivity contribution in [3.63, 3.8) is 0 Å². The van der Waals surface area contributed by atoms with Gasteiger partial charge in [-0.05, 0) is 24.4 Å². The third kappa shape index (κ3) is 3.32. The molecule has 4 heteroatoms. The fraction of sp³-hybridized carbons (Fsp3) is 0.222. The van der Waals surface area contributed by atoms with Crippen LogP contribution >= 0.6 is 12.2 Å². The normalized spacial score (nSPS) is 9.00. The van der Waals surface area contributed by atoms with Crippen LogP contribution in [0.25, 0.3) is 0 Å². The summed E-state index contributed by atoms with van der Waals surface area (Å²) in [4.78, 5) is 3.63. The Morgan fingerprint density at radius 2 is 2.23 bits per heavy atom. The molecule has 0 amide bonds. The van der Waals surface area contributed by atoms with Crippen LogP contribution in [0.5, 0.6) is 5.75 Å². The molecule has 0 fully saturated rings. The van der Waals surface area contributed by atoms with Crippen molar-refractivity contribution in [2.45, 2.75) is 0 Å². The topological polar surface area (TPSA) is 21.6 Å². The van der Waals surface area contributed by atoms with Gasteiger partial charge in [0, 0.05) is 0 Å². The standard InChI is InChI=1S/C9H8FNOS/c10-8-3-1-2-4-9(8)12-6-5-11-7-13/h1-4H,5-6H2. The second-order valence-electron chi connectivity index (χ2n) is 2.25. The van der Waals surface area contributed by atoms with Gasteiger partial charge in [-0.3, -0.25) is 0 Å². The monoisotopic (exact) mass is 197 g/mol. The van der Waals surface area contributed by atoms with E-state index in [0.717, 1.165) is 0 Å². The van der Waals surface area contributed by atoms with Crippen molar-refractivity contribution in [2.75, 3.05) is 13.2 Å². The highest BCUT2D eigenvalue weighted by atomic mass is 32.1. The zero-order chi connectivity index (χ0) is 9.52. The molecule has 0 unspecified atom stereocenters. The Labute approximate surface area is 81.1 Å². The van der Waals surface area contributed by atoms with Crippen molar-refractivity contribution < 1.29 is 9.13 Å². The Bertz CT molecular complexity index is 323. The number of hydrogen-bond donors (Lipinski definition) is 0. The largest absolute Gasteiger partial charge is 0.489 e. The number of isothiocyanates is 1. The van der Waals surface area contributed by atoms with Crippen LogP contribution < -0.4 is 4.74 Å². The van der Waals surface area contributed by atoms with Crippen molar-refractivity contribution in [2.24, 2.45) is 4.99 Å². The average molecular weight is 197 g/mol. The first-order valence-corrected chi connectivity index (χ1v) is 4.16. The SMILES string of the molecule is Fc1ccccc1OCCN=C=S. The number of hydrogen-bond acceptors (Lipinski definition) is 3. The zero-order valence-corrected chi connectivity index (χ0v) is 7.68. The van der Waals surface area contributed by atoms with Crippen molar-refractivity contribution in [1.29, 1.82) is 0 Å². The molecule has 1 aromatic rings. The Morgan fingerprint density at radius 1 is 1.46 bits per heavy atom. The first-order chi connectivity index (χ1) is 6.34. The van der Waals surface area contributed by atoms with Gasteiger partial charge >= 0.3 is 0 Å². The molecule has 0 heterocycles. The summed E-state index contributed by atoms with van der Waals surface area (Å²) in [6.07, 6.45) is 0. The Kier molecular flexibility index (Phi) is 4.09. The predicted octanol–water partition coefficient (Wildman–Crippen LogP) is 2.31. The fourth-order valence-corrected chi connectivity index (χ4v) is 0.900. The lowest BCUT2D eigenvalue weighted by Gasteiger charge is -2.03. The van der Waals surface area contributed by atoms with Crippen LogP contribution in [0.15, 0.2) is 29.3 Å². The molecular formula is C9H8FNOS. The van der Waals surface area contributed by atoms with E-state index in [4.69, 9.17) is 4.74 Å². The van der Waals surface area contributed by atoms with Gasteiger partial charge in [-0.15, -0.1) is 0 Å². The molecule has 2 nitrogen and oxygen atoms in total. The van der Waals surface area contributed by atoms with Gasteiger partial charge in [0.15, 0.2) is 11.6 Å². The quantitative estimate of drug-likeness (QED) is 0.419. The lowest BCUT2D eigenvalue weighted by molar-refractivity contribution is 0.312. The van der Waals surface area contributed by atoms with Crippen LogP contribution in [0.1, 0.15) is 0 Å². The molecule has 0 aromatic heterocycles. The van der Waals surface area contributed by atoms with E-state index < -0.39 is 0 Å². The van der Waals surface area contributed by atoms with E-state index in [2.05, 4.69) is 22.4 Å². The zero-order valence-electron chi connectivity index (χ0n) is 6.87. The molecule has 0 spiro atoms. The van der Waals surface area contributed by atoms with Gasteiger partial charge in [0.05, 0.1) is 11.7 Å². The van der Waals surface area contributed by atoms with Gasteiger partial charge in [0.2, 0.25) is 0 Å². The number of benzene rings is 1. The molecule has 1 aromatic carbocycles.